The zero-order chi connectivity index (χ0) is 8.27. The molecule has 0 saturated heterocycles. The summed E-state index contributed by atoms with van der Waals surface area (Å²) in [7, 11) is 1.60. The molecule has 0 aliphatic carbocycles. The first-order valence-corrected chi connectivity index (χ1v) is 3.60. The Hall–Kier alpha value is -1.12. The van der Waals surface area contributed by atoms with Gasteiger partial charge < -0.3 is 4.74 Å². The maximum Gasteiger partial charge on any atom is 0.155 e. The fraction of sp³-hybridized carbons (Fsp3) is 0.500. The molecule has 1 aromatic rings. The Morgan fingerprint density at radius 3 is 2.18 bits per heavy atom. The van der Waals surface area contributed by atoms with Crippen molar-refractivity contribution < 1.29 is 4.74 Å². The molecule has 0 spiro atoms. The molecule has 0 fully saturated rings. The van der Waals surface area contributed by atoms with Gasteiger partial charge >= 0.3 is 0 Å². The molecule has 1 heterocycles. The number of hydrogen-bond donors (Lipinski definition) is 0. The van der Waals surface area contributed by atoms with E-state index in [2.05, 4.69) is 23.8 Å². The van der Waals surface area contributed by atoms with Crippen LogP contribution in [0.15, 0.2) is 12.4 Å². The van der Waals surface area contributed by atoms with E-state index in [0.29, 0.717) is 11.7 Å². The van der Waals surface area contributed by atoms with Crippen LogP contribution in [-0.4, -0.2) is 17.1 Å². The topological polar surface area (TPSA) is 35.0 Å². The van der Waals surface area contributed by atoms with E-state index in [1.807, 2.05) is 0 Å². The fourth-order valence-corrected chi connectivity index (χ4v) is 0.730. The van der Waals surface area contributed by atoms with Crippen molar-refractivity contribution >= 4 is 0 Å². The van der Waals surface area contributed by atoms with Crippen molar-refractivity contribution in [3.63, 3.8) is 0 Å². The molecule has 0 saturated carbocycles. The summed E-state index contributed by atoms with van der Waals surface area (Å²) in [5, 5.41) is 0. The van der Waals surface area contributed by atoms with E-state index in [-0.39, 0.29) is 0 Å². The minimum atomic E-state index is 0.376. The van der Waals surface area contributed by atoms with Gasteiger partial charge in [0.05, 0.1) is 19.5 Å². The maximum atomic E-state index is 4.92. The summed E-state index contributed by atoms with van der Waals surface area (Å²) >= 11 is 0. The lowest BCUT2D eigenvalue weighted by atomic mass is 10.2. The number of ether oxygens (including phenoxy) is 1. The molecule has 0 aliphatic heterocycles. The van der Waals surface area contributed by atoms with Crippen molar-refractivity contribution in [3.05, 3.63) is 18.2 Å². The molecule has 0 bridgehead atoms. The van der Waals surface area contributed by atoms with Gasteiger partial charge in [-0.3, -0.25) is 0 Å². The second-order valence-electron chi connectivity index (χ2n) is 2.64. The summed E-state index contributed by atoms with van der Waals surface area (Å²) in [6, 6.07) is 0. The van der Waals surface area contributed by atoms with E-state index in [0.717, 1.165) is 5.82 Å². The maximum absolute atomic E-state index is 4.92. The van der Waals surface area contributed by atoms with Gasteiger partial charge in [0.25, 0.3) is 0 Å². The number of nitrogens with zero attached hydrogens (tertiary/aromatic N) is 2. The lowest BCUT2D eigenvalue weighted by Gasteiger charge is -2.02. The average molecular weight is 152 g/mol. The first kappa shape index (κ1) is 7.98. The van der Waals surface area contributed by atoms with Gasteiger partial charge in [-0.15, -0.1) is 0 Å². The standard InChI is InChI=1S/C8H12N2O/c1-6(2)8-9-4-7(11-3)5-10-8/h4-6H,1-3H3. The van der Waals surface area contributed by atoms with Crippen LogP contribution in [0.3, 0.4) is 0 Å². The van der Waals surface area contributed by atoms with Crippen LogP contribution >= 0.6 is 0 Å². The number of rotatable bonds is 2. The molecule has 3 heteroatoms. The van der Waals surface area contributed by atoms with Crippen LogP contribution in [0.2, 0.25) is 0 Å². The van der Waals surface area contributed by atoms with Crippen molar-refractivity contribution in [1.82, 2.24) is 9.97 Å². The molecular formula is C8H12N2O. The molecule has 60 valence electrons. The highest BCUT2D eigenvalue weighted by molar-refractivity contribution is 5.12. The molecule has 0 atom stereocenters. The minimum Gasteiger partial charge on any atom is -0.494 e. The highest BCUT2D eigenvalue weighted by Crippen LogP contribution is 2.10. The predicted octanol–water partition coefficient (Wildman–Crippen LogP) is 1.61. The van der Waals surface area contributed by atoms with Gasteiger partial charge in [0.1, 0.15) is 5.82 Å². The van der Waals surface area contributed by atoms with Crippen LogP contribution in [0.25, 0.3) is 0 Å². The van der Waals surface area contributed by atoms with Gasteiger partial charge in [0.15, 0.2) is 5.75 Å². The fourth-order valence-electron chi connectivity index (χ4n) is 0.730. The van der Waals surface area contributed by atoms with Gasteiger partial charge in [-0.25, -0.2) is 9.97 Å². The molecule has 1 aromatic heterocycles. The molecule has 0 aliphatic rings. The van der Waals surface area contributed by atoms with Crippen LogP contribution < -0.4 is 4.74 Å². The SMILES string of the molecule is COc1cnc(C(C)C)nc1. The van der Waals surface area contributed by atoms with Gasteiger partial charge in [-0.2, -0.15) is 0 Å². The minimum absolute atomic E-state index is 0.376. The largest absolute Gasteiger partial charge is 0.494 e. The van der Waals surface area contributed by atoms with Gasteiger partial charge in [0.2, 0.25) is 0 Å². The van der Waals surface area contributed by atoms with Gasteiger partial charge in [-0.05, 0) is 0 Å². The molecule has 1 rings (SSSR count). The summed E-state index contributed by atoms with van der Waals surface area (Å²) < 4.78 is 4.92. The Labute approximate surface area is 66.4 Å². The van der Waals surface area contributed by atoms with E-state index < -0.39 is 0 Å². The van der Waals surface area contributed by atoms with Crippen molar-refractivity contribution in [3.8, 4) is 5.75 Å². The Bertz CT molecular complexity index is 218. The molecule has 3 nitrogen and oxygen atoms in total. The zero-order valence-corrected chi connectivity index (χ0v) is 7.03. The highest BCUT2D eigenvalue weighted by atomic mass is 16.5. The Morgan fingerprint density at radius 1 is 1.27 bits per heavy atom. The molecule has 0 amide bonds. The third-order valence-electron chi connectivity index (χ3n) is 1.40. The third kappa shape index (κ3) is 1.90. The van der Waals surface area contributed by atoms with Crippen LogP contribution in [0.1, 0.15) is 25.6 Å². The van der Waals surface area contributed by atoms with Crippen molar-refractivity contribution in [2.45, 2.75) is 19.8 Å². The summed E-state index contributed by atoms with van der Waals surface area (Å²) in [6.45, 7) is 4.11. The average Bonchev–Trinajstić information content (AvgIpc) is 2.05. The van der Waals surface area contributed by atoms with Gasteiger partial charge in [0, 0.05) is 5.92 Å². The molecular weight excluding hydrogens is 140 g/mol. The lowest BCUT2D eigenvalue weighted by Crippen LogP contribution is -1.96. The quantitative estimate of drug-likeness (QED) is 0.645. The van der Waals surface area contributed by atoms with Crippen molar-refractivity contribution in [2.75, 3.05) is 7.11 Å². The Morgan fingerprint density at radius 2 is 1.82 bits per heavy atom. The van der Waals surface area contributed by atoms with E-state index in [9.17, 15) is 0 Å². The Kier molecular flexibility index (Phi) is 2.41. The predicted molar refractivity (Wildman–Crippen MR) is 42.7 cm³/mol. The van der Waals surface area contributed by atoms with Crippen molar-refractivity contribution in [2.24, 2.45) is 0 Å². The first-order chi connectivity index (χ1) is 5.24. The van der Waals surface area contributed by atoms with E-state index >= 15 is 0 Å². The summed E-state index contributed by atoms with van der Waals surface area (Å²) in [4.78, 5) is 8.23. The van der Waals surface area contributed by atoms with Crippen LogP contribution in [-0.2, 0) is 0 Å². The molecule has 0 unspecified atom stereocenters. The molecule has 0 radical (unpaired) electrons. The number of hydrogen-bond acceptors (Lipinski definition) is 3. The van der Waals surface area contributed by atoms with E-state index in [4.69, 9.17) is 4.74 Å². The van der Waals surface area contributed by atoms with E-state index in [1.54, 1.807) is 19.5 Å². The lowest BCUT2D eigenvalue weighted by molar-refractivity contribution is 0.409. The second-order valence-corrected chi connectivity index (χ2v) is 2.64. The third-order valence-corrected chi connectivity index (χ3v) is 1.40. The van der Waals surface area contributed by atoms with Crippen LogP contribution in [0.5, 0.6) is 5.75 Å². The van der Waals surface area contributed by atoms with Gasteiger partial charge in [-0.1, -0.05) is 13.8 Å². The normalized spacial score (nSPS) is 10.2. The Balaban J connectivity index is 2.83. The first-order valence-electron chi connectivity index (χ1n) is 3.60. The number of methoxy groups -OCH3 is 1. The van der Waals surface area contributed by atoms with E-state index in [1.165, 1.54) is 0 Å². The van der Waals surface area contributed by atoms with Crippen molar-refractivity contribution in [1.29, 1.82) is 0 Å². The molecule has 11 heavy (non-hydrogen) atoms. The smallest absolute Gasteiger partial charge is 0.155 e. The monoisotopic (exact) mass is 152 g/mol. The summed E-state index contributed by atoms with van der Waals surface area (Å²) in [5.41, 5.74) is 0. The summed E-state index contributed by atoms with van der Waals surface area (Å²) in [6.07, 6.45) is 3.37. The summed E-state index contributed by atoms with van der Waals surface area (Å²) in [5.74, 6) is 1.93. The van der Waals surface area contributed by atoms with Crippen LogP contribution in [0.4, 0.5) is 0 Å². The zero-order valence-electron chi connectivity index (χ0n) is 7.03. The molecule has 0 N–H and O–H groups in total. The number of aromatic nitrogens is 2. The molecule has 0 aromatic carbocycles. The highest BCUT2D eigenvalue weighted by Gasteiger charge is 2.00. The second kappa shape index (κ2) is 3.32. The van der Waals surface area contributed by atoms with Crippen LogP contribution in [0, 0.1) is 0 Å².